The van der Waals surface area contributed by atoms with Gasteiger partial charge in [0.1, 0.15) is 5.78 Å². The van der Waals surface area contributed by atoms with Gasteiger partial charge in [0, 0.05) is 36.6 Å². The van der Waals surface area contributed by atoms with Crippen LogP contribution in [0.1, 0.15) is 50.2 Å². The van der Waals surface area contributed by atoms with Crippen LogP contribution in [0.4, 0.5) is 0 Å². The van der Waals surface area contributed by atoms with Crippen molar-refractivity contribution in [1.82, 2.24) is 5.32 Å². The second-order valence-corrected chi connectivity index (χ2v) is 8.65. The number of benzene rings is 2. The Morgan fingerprint density at radius 3 is 2.43 bits per heavy atom. The van der Waals surface area contributed by atoms with E-state index in [4.69, 9.17) is 14.2 Å². The summed E-state index contributed by atoms with van der Waals surface area (Å²) in [6, 6.07) is 15.0. The maximum atomic E-state index is 13.6. The number of carbonyl (C=O) groups is 3. The summed E-state index contributed by atoms with van der Waals surface area (Å²) in [5.74, 6) is -1.49. The first-order chi connectivity index (χ1) is 16.8. The number of ketones is 1. The number of hydrogen-bond acceptors (Lipinski definition) is 7. The Hall–Kier alpha value is -3.87. The van der Waals surface area contributed by atoms with Crippen molar-refractivity contribution in [2.75, 3.05) is 13.7 Å². The van der Waals surface area contributed by atoms with Crippen molar-refractivity contribution in [2.45, 2.75) is 39.0 Å². The molecule has 0 saturated heterocycles. The third-order valence-corrected chi connectivity index (χ3v) is 6.38. The van der Waals surface area contributed by atoms with Crippen LogP contribution in [0.2, 0.25) is 0 Å². The monoisotopic (exact) mass is 475 g/mol. The molecule has 2 aromatic rings. The van der Waals surface area contributed by atoms with Crippen LogP contribution in [0.25, 0.3) is 0 Å². The molecule has 1 N–H and O–H groups in total. The smallest absolute Gasteiger partial charge is 0.336 e. The van der Waals surface area contributed by atoms with Crippen LogP contribution in [0.3, 0.4) is 0 Å². The average molecular weight is 476 g/mol. The van der Waals surface area contributed by atoms with Gasteiger partial charge in [-0.15, -0.1) is 0 Å². The summed E-state index contributed by atoms with van der Waals surface area (Å²) in [6.07, 6.45) is 2.41. The molecule has 2 aromatic carbocycles. The second-order valence-electron chi connectivity index (χ2n) is 8.65. The maximum absolute atomic E-state index is 13.6. The number of ether oxygens (including phenoxy) is 3. The topological polar surface area (TPSA) is 90.9 Å². The molecule has 35 heavy (non-hydrogen) atoms. The number of rotatable bonds is 6. The van der Waals surface area contributed by atoms with Gasteiger partial charge in [-0.1, -0.05) is 42.5 Å². The van der Waals surface area contributed by atoms with Gasteiger partial charge in [0.25, 0.3) is 0 Å². The normalized spacial score (nSPS) is 21.4. The van der Waals surface area contributed by atoms with E-state index in [2.05, 4.69) is 11.4 Å². The zero-order valence-electron chi connectivity index (χ0n) is 20.3. The third-order valence-electron chi connectivity index (χ3n) is 6.38. The van der Waals surface area contributed by atoms with Crippen molar-refractivity contribution in [2.24, 2.45) is 5.92 Å². The van der Waals surface area contributed by atoms with Gasteiger partial charge in [0.2, 0.25) is 0 Å². The summed E-state index contributed by atoms with van der Waals surface area (Å²) in [6.45, 7) is 5.31. The Morgan fingerprint density at radius 2 is 1.77 bits per heavy atom. The van der Waals surface area contributed by atoms with Crippen molar-refractivity contribution in [1.29, 1.82) is 0 Å². The number of Topliss-reactive ketones (excluding diaryl/α,β-unsaturated/α-hetero) is 1. The molecule has 0 spiro atoms. The largest absolute Gasteiger partial charge is 0.490 e. The predicted octanol–water partition coefficient (Wildman–Crippen LogP) is 4.40. The van der Waals surface area contributed by atoms with E-state index in [-0.39, 0.29) is 17.5 Å². The van der Waals surface area contributed by atoms with Crippen molar-refractivity contribution >= 4 is 17.7 Å². The Labute approximate surface area is 204 Å². The van der Waals surface area contributed by atoms with Crippen LogP contribution >= 0.6 is 0 Å². The Morgan fingerprint density at radius 1 is 1.03 bits per heavy atom. The van der Waals surface area contributed by atoms with E-state index >= 15 is 0 Å². The summed E-state index contributed by atoms with van der Waals surface area (Å²) in [5, 5.41) is 3.31. The highest BCUT2D eigenvalue weighted by Gasteiger charge is 2.45. The van der Waals surface area contributed by atoms with E-state index in [0.717, 1.165) is 11.3 Å². The quantitative estimate of drug-likeness (QED) is 0.489. The Kier molecular flexibility index (Phi) is 7.05. The van der Waals surface area contributed by atoms with Crippen LogP contribution in [0.5, 0.6) is 11.5 Å². The van der Waals surface area contributed by atoms with Crippen LogP contribution in [-0.4, -0.2) is 31.4 Å². The summed E-state index contributed by atoms with van der Waals surface area (Å²) in [5.41, 5.74) is 3.56. The van der Waals surface area contributed by atoms with Crippen LogP contribution in [0, 0.1) is 5.92 Å². The zero-order chi connectivity index (χ0) is 25.1. The van der Waals surface area contributed by atoms with Gasteiger partial charge in [0.15, 0.2) is 11.5 Å². The molecule has 4 rings (SSSR count). The van der Waals surface area contributed by atoms with E-state index in [0.29, 0.717) is 35.6 Å². The fourth-order valence-corrected chi connectivity index (χ4v) is 4.95. The minimum Gasteiger partial charge on any atom is -0.490 e. The molecular weight excluding hydrogens is 446 g/mol. The number of methoxy groups -OCH3 is 1. The van der Waals surface area contributed by atoms with Gasteiger partial charge in [-0.05, 0) is 37.1 Å². The molecule has 7 nitrogen and oxygen atoms in total. The molecule has 1 aliphatic heterocycles. The van der Waals surface area contributed by atoms with Gasteiger partial charge in [-0.25, -0.2) is 4.79 Å². The number of carbonyl (C=O) groups excluding carboxylic acids is 3. The molecular formula is C28H29NO6. The first kappa shape index (κ1) is 24.3. The first-order valence-corrected chi connectivity index (χ1v) is 11.6. The Bertz CT molecular complexity index is 1210. The van der Waals surface area contributed by atoms with Gasteiger partial charge in [-0.3, -0.25) is 9.59 Å². The Balaban J connectivity index is 1.84. The molecule has 1 heterocycles. The predicted molar refractivity (Wildman–Crippen MR) is 130 cm³/mol. The number of nitrogens with one attached hydrogen (secondary N) is 1. The van der Waals surface area contributed by atoms with Gasteiger partial charge >= 0.3 is 11.9 Å². The molecule has 0 bridgehead atoms. The van der Waals surface area contributed by atoms with Gasteiger partial charge < -0.3 is 19.5 Å². The standard InChI is InChI=1S/C28H29NO6/c1-5-34-24-15-19(11-12-23(24)35-17(3)30)26-25(28(32)33-4)16(2)29-21-13-20(14-22(31)27(21)26)18-9-7-6-8-10-18/h6-13,15,20,26-27,29H,5,14H2,1-4H3. The van der Waals surface area contributed by atoms with Crippen molar-refractivity contribution in [3.8, 4) is 11.5 Å². The van der Waals surface area contributed by atoms with Gasteiger partial charge in [0.05, 0.1) is 25.2 Å². The summed E-state index contributed by atoms with van der Waals surface area (Å²) in [4.78, 5) is 38.1. The lowest BCUT2D eigenvalue weighted by atomic mass is 9.68. The minimum absolute atomic E-state index is 0.0322. The number of hydrogen-bond donors (Lipinski definition) is 1. The van der Waals surface area contributed by atoms with Crippen LogP contribution in [0.15, 0.2) is 71.6 Å². The minimum atomic E-state index is -0.582. The van der Waals surface area contributed by atoms with E-state index in [1.807, 2.05) is 44.2 Å². The molecule has 3 unspecified atom stereocenters. The lowest BCUT2D eigenvalue weighted by Crippen LogP contribution is -2.41. The molecule has 0 amide bonds. The van der Waals surface area contributed by atoms with Crippen molar-refractivity contribution in [3.05, 3.63) is 82.7 Å². The molecule has 3 atom stereocenters. The lowest BCUT2D eigenvalue weighted by Gasteiger charge is -2.39. The fraction of sp³-hybridized carbons (Fsp3) is 0.321. The zero-order valence-corrected chi connectivity index (χ0v) is 20.3. The summed E-state index contributed by atoms with van der Waals surface area (Å²) < 4.78 is 16.1. The number of esters is 2. The van der Waals surface area contributed by atoms with Crippen LogP contribution < -0.4 is 14.8 Å². The molecule has 2 aliphatic rings. The maximum Gasteiger partial charge on any atom is 0.336 e. The molecule has 0 aromatic heterocycles. The lowest BCUT2D eigenvalue weighted by molar-refractivity contribution is -0.137. The number of fused-ring (bicyclic) bond motifs is 1. The summed E-state index contributed by atoms with van der Waals surface area (Å²) in [7, 11) is 1.33. The van der Waals surface area contributed by atoms with E-state index in [9.17, 15) is 14.4 Å². The highest BCUT2D eigenvalue weighted by atomic mass is 16.6. The third kappa shape index (κ3) is 4.85. The molecule has 7 heteroatoms. The highest BCUT2D eigenvalue weighted by Crippen LogP contribution is 2.47. The summed E-state index contributed by atoms with van der Waals surface area (Å²) >= 11 is 0. The molecule has 0 fully saturated rings. The van der Waals surface area contributed by atoms with Gasteiger partial charge in [-0.2, -0.15) is 0 Å². The van der Waals surface area contributed by atoms with Crippen molar-refractivity contribution in [3.63, 3.8) is 0 Å². The van der Waals surface area contributed by atoms with E-state index < -0.39 is 23.8 Å². The average Bonchev–Trinajstić information content (AvgIpc) is 2.84. The van der Waals surface area contributed by atoms with Crippen LogP contribution in [-0.2, 0) is 19.1 Å². The molecule has 0 saturated carbocycles. The van der Waals surface area contributed by atoms with Crippen molar-refractivity contribution < 1.29 is 28.6 Å². The van der Waals surface area contributed by atoms with E-state index in [1.54, 1.807) is 18.2 Å². The molecule has 0 radical (unpaired) electrons. The highest BCUT2D eigenvalue weighted by molar-refractivity contribution is 5.96. The molecule has 182 valence electrons. The SMILES string of the molecule is CCOc1cc(C2C(C(=O)OC)=C(C)NC3=CC(c4ccccc4)CC(=O)C32)ccc1OC(C)=O. The number of allylic oxidation sites excluding steroid dienone is 3. The fourth-order valence-electron chi connectivity index (χ4n) is 4.95. The first-order valence-electron chi connectivity index (χ1n) is 11.6. The molecule has 1 aliphatic carbocycles. The second kappa shape index (κ2) is 10.2. The van der Waals surface area contributed by atoms with E-state index in [1.165, 1.54) is 14.0 Å².